The summed E-state index contributed by atoms with van der Waals surface area (Å²) >= 11 is 0. The van der Waals surface area contributed by atoms with Gasteiger partial charge < -0.3 is 0 Å². The maximum Gasteiger partial charge on any atom is 0.435 e. The topological polar surface area (TPSA) is 17.8 Å². The minimum Gasteiger partial charge on any atom is -0.233 e. The third kappa shape index (κ3) is 2.84. The average molecular weight is 304 g/mol. The van der Waals surface area contributed by atoms with Gasteiger partial charge in [-0.15, -0.1) is 0 Å². The summed E-state index contributed by atoms with van der Waals surface area (Å²) in [4.78, 5) is 0. The Bertz CT molecular complexity index is 737. The van der Waals surface area contributed by atoms with Gasteiger partial charge in [0.1, 0.15) is 0 Å². The molecule has 0 amide bonds. The van der Waals surface area contributed by atoms with Crippen molar-refractivity contribution in [1.29, 1.82) is 0 Å². The zero-order valence-corrected chi connectivity index (χ0v) is 12.1. The van der Waals surface area contributed by atoms with Gasteiger partial charge in [0.2, 0.25) is 0 Å². The van der Waals surface area contributed by atoms with E-state index in [1.165, 1.54) is 10.3 Å². The molecule has 0 bridgehead atoms. The molecule has 0 N–H and O–H groups in total. The maximum atomic E-state index is 13.0. The largest absolute Gasteiger partial charge is 0.435 e. The highest BCUT2D eigenvalue weighted by Crippen LogP contribution is 2.34. The van der Waals surface area contributed by atoms with E-state index in [9.17, 15) is 13.2 Å². The molecule has 0 spiro atoms. The van der Waals surface area contributed by atoms with Crippen LogP contribution in [0.15, 0.2) is 54.1 Å². The van der Waals surface area contributed by atoms with E-state index in [0.717, 1.165) is 24.5 Å². The van der Waals surface area contributed by atoms with Crippen molar-refractivity contribution in [3.63, 3.8) is 0 Å². The van der Waals surface area contributed by atoms with Gasteiger partial charge in [0.15, 0.2) is 5.69 Å². The molecule has 3 rings (SSSR count). The lowest BCUT2D eigenvalue weighted by Crippen LogP contribution is -2.07. The van der Waals surface area contributed by atoms with Gasteiger partial charge in [0, 0.05) is 0 Å². The minimum absolute atomic E-state index is 0.502. The van der Waals surface area contributed by atoms with Crippen LogP contribution in [0, 0.1) is 0 Å². The van der Waals surface area contributed by atoms with Crippen molar-refractivity contribution in [2.75, 3.05) is 0 Å². The first-order valence-electron chi connectivity index (χ1n) is 7.04. The van der Waals surface area contributed by atoms with Gasteiger partial charge in [0.25, 0.3) is 0 Å². The Morgan fingerprint density at radius 1 is 1.05 bits per heavy atom. The fraction of sp³-hybridized carbons (Fsp3) is 0.235. The molecule has 0 fully saturated rings. The first-order valence-corrected chi connectivity index (χ1v) is 7.04. The molecule has 0 unspecified atom stereocenters. The second kappa shape index (κ2) is 5.48. The van der Waals surface area contributed by atoms with Crippen molar-refractivity contribution in [3.8, 4) is 5.69 Å². The Kier molecular flexibility index (Phi) is 3.64. The van der Waals surface area contributed by atoms with Crippen molar-refractivity contribution < 1.29 is 13.2 Å². The van der Waals surface area contributed by atoms with E-state index in [1.54, 1.807) is 24.3 Å². The average Bonchev–Trinajstić information content (AvgIpc) is 2.94. The van der Waals surface area contributed by atoms with E-state index in [0.29, 0.717) is 11.4 Å². The van der Waals surface area contributed by atoms with Crippen LogP contribution >= 0.6 is 0 Å². The highest BCUT2D eigenvalue weighted by Gasteiger charge is 2.35. The second-order valence-electron chi connectivity index (χ2n) is 5.36. The van der Waals surface area contributed by atoms with Crippen LogP contribution in [0.4, 0.5) is 13.2 Å². The van der Waals surface area contributed by atoms with Crippen LogP contribution in [-0.2, 0) is 6.18 Å². The quantitative estimate of drug-likeness (QED) is 0.762. The SMILES string of the molecule is CC1=CC=C(c2cc(C(F)(F)F)nn2-c2ccccc2)CC1. The number of allylic oxidation sites excluding steroid dienone is 4. The fourth-order valence-corrected chi connectivity index (χ4v) is 2.47. The summed E-state index contributed by atoms with van der Waals surface area (Å²) in [5.41, 5.74) is 2.36. The number of nitrogens with zero attached hydrogens (tertiary/aromatic N) is 2. The number of benzene rings is 1. The number of hydrogen-bond donors (Lipinski definition) is 0. The zero-order valence-electron chi connectivity index (χ0n) is 12.1. The molecule has 0 atom stereocenters. The fourth-order valence-electron chi connectivity index (χ4n) is 2.47. The lowest BCUT2D eigenvalue weighted by molar-refractivity contribution is -0.141. The van der Waals surface area contributed by atoms with Crippen molar-refractivity contribution >= 4 is 5.57 Å². The van der Waals surface area contributed by atoms with Crippen LogP contribution in [0.2, 0.25) is 0 Å². The Balaban J connectivity index is 2.14. The van der Waals surface area contributed by atoms with Crippen LogP contribution in [0.5, 0.6) is 0 Å². The molecule has 2 nitrogen and oxygen atoms in total. The molecule has 0 aliphatic heterocycles. The second-order valence-corrected chi connectivity index (χ2v) is 5.36. The van der Waals surface area contributed by atoms with Gasteiger partial charge >= 0.3 is 6.18 Å². The van der Waals surface area contributed by atoms with E-state index in [1.807, 2.05) is 25.1 Å². The summed E-state index contributed by atoms with van der Waals surface area (Å²) in [5, 5.41) is 3.78. The van der Waals surface area contributed by atoms with E-state index >= 15 is 0 Å². The summed E-state index contributed by atoms with van der Waals surface area (Å²) in [6, 6.07) is 10.0. The smallest absolute Gasteiger partial charge is 0.233 e. The summed E-state index contributed by atoms with van der Waals surface area (Å²) < 4.78 is 40.4. The van der Waals surface area contributed by atoms with Gasteiger partial charge in [-0.05, 0) is 43.5 Å². The predicted molar refractivity (Wildman–Crippen MR) is 79.5 cm³/mol. The molecular weight excluding hydrogens is 289 g/mol. The highest BCUT2D eigenvalue weighted by molar-refractivity contribution is 5.68. The predicted octanol–water partition coefficient (Wildman–Crippen LogP) is 5.01. The number of hydrogen-bond acceptors (Lipinski definition) is 1. The highest BCUT2D eigenvalue weighted by atomic mass is 19.4. The normalized spacial score (nSPS) is 15.5. The van der Waals surface area contributed by atoms with Crippen molar-refractivity contribution in [1.82, 2.24) is 9.78 Å². The summed E-state index contributed by atoms with van der Waals surface area (Å²) in [6.07, 6.45) is 0.963. The Hall–Kier alpha value is -2.30. The van der Waals surface area contributed by atoms with Gasteiger partial charge in [-0.3, -0.25) is 0 Å². The monoisotopic (exact) mass is 304 g/mol. The van der Waals surface area contributed by atoms with Crippen molar-refractivity contribution in [2.24, 2.45) is 0 Å². The molecule has 2 aromatic rings. The molecular formula is C17H15F3N2. The Morgan fingerprint density at radius 3 is 2.36 bits per heavy atom. The maximum absolute atomic E-state index is 13.0. The minimum atomic E-state index is -4.45. The number of para-hydroxylation sites is 1. The number of alkyl halides is 3. The molecule has 0 saturated carbocycles. The molecule has 5 heteroatoms. The summed E-state index contributed by atoms with van der Waals surface area (Å²) in [5.74, 6) is 0. The van der Waals surface area contributed by atoms with Gasteiger partial charge in [-0.25, -0.2) is 4.68 Å². The van der Waals surface area contributed by atoms with Gasteiger partial charge in [-0.1, -0.05) is 35.9 Å². The van der Waals surface area contributed by atoms with Crippen LogP contribution in [-0.4, -0.2) is 9.78 Å². The van der Waals surface area contributed by atoms with Gasteiger partial charge in [-0.2, -0.15) is 18.3 Å². The van der Waals surface area contributed by atoms with Crippen LogP contribution in [0.25, 0.3) is 11.3 Å². The zero-order chi connectivity index (χ0) is 15.7. The molecule has 1 aliphatic rings. The summed E-state index contributed by atoms with van der Waals surface area (Å²) in [7, 11) is 0. The lowest BCUT2D eigenvalue weighted by atomic mass is 9.97. The third-order valence-corrected chi connectivity index (χ3v) is 3.69. The molecule has 1 aliphatic carbocycles. The number of rotatable bonds is 2. The molecule has 1 aromatic heterocycles. The Labute approximate surface area is 126 Å². The van der Waals surface area contributed by atoms with Crippen molar-refractivity contribution in [2.45, 2.75) is 25.9 Å². The lowest BCUT2D eigenvalue weighted by Gasteiger charge is -2.14. The first-order chi connectivity index (χ1) is 10.4. The first kappa shape index (κ1) is 14.6. The molecule has 114 valence electrons. The summed E-state index contributed by atoms with van der Waals surface area (Å²) in [6.45, 7) is 2.02. The number of halogens is 3. The van der Waals surface area contributed by atoms with Crippen LogP contribution in [0.1, 0.15) is 31.2 Å². The molecule has 0 radical (unpaired) electrons. The van der Waals surface area contributed by atoms with Crippen molar-refractivity contribution in [3.05, 3.63) is 65.5 Å². The molecule has 22 heavy (non-hydrogen) atoms. The third-order valence-electron chi connectivity index (χ3n) is 3.69. The number of aromatic nitrogens is 2. The molecule has 0 saturated heterocycles. The van der Waals surface area contributed by atoms with Crippen LogP contribution < -0.4 is 0 Å². The van der Waals surface area contributed by atoms with E-state index in [4.69, 9.17) is 0 Å². The van der Waals surface area contributed by atoms with E-state index in [-0.39, 0.29) is 0 Å². The molecule has 1 aromatic carbocycles. The standard InChI is InChI=1S/C17H15F3N2/c1-12-7-9-13(10-8-12)15-11-16(17(18,19)20)21-22(15)14-5-3-2-4-6-14/h2-7,9,11H,8,10H2,1H3. The van der Waals surface area contributed by atoms with E-state index in [2.05, 4.69) is 5.10 Å². The molecule has 1 heterocycles. The Morgan fingerprint density at radius 2 is 1.77 bits per heavy atom. The van der Waals surface area contributed by atoms with Gasteiger partial charge in [0.05, 0.1) is 11.4 Å². The van der Waals surface area contributed by atoms with E-state index < -0.39 is 11.9 Å². The van der Waals surface area contributed by atoms with Crippen LogP contribution in [0.3, 0.4) is 0 Å².